The van der Waals surface area contributed by atoms with Gasteiger partial charge in [-0.25, -0.2) is 8.42 Å². The quantitative estimate of drug-likeness (QED) is 0.534. The van der Waals surface area contributed by atoms with Crippen LogP contribution < -0.4 is 10.1 Å². The van der Waals surface area contributed by atoms with Crippen LogP contribution in [0.5, 0.6) is 5.75 Å². The molecule has 0 radical (unpaired) electrons. The van der Waals surface area contributed by atoms with E-state index in [1.807, 2.05) is 44.4 Å². The average Bonchev–Trinajstić information content (AvgIpc) is 2.80. The number of thioether (sulfide) groups is 1. The number of benzene rings is 2. The predicted octanol–water partition coefficient (Wildman–Crippen LogP) is 4.74. The summed E-state index contributed by atoms with van der Waals surface area (Å²) in [5.41, 5.74) is 1.04. The predicted molar refractivity (Wildman–Crippen MR) is 129 cm³/mol. The van der Waals surface area contributed by atoms with Crippen molar-refractivity contribution in [3.05, 3.63) is 53.1 Å². The van der Waals surface area contributed by atoms with E-state index in [2.05, 4.69) is 5.32 Å². The lowest BCUT2D eigenvalue weighted by Gasteiger charge is -2.31. The van der Waals surface area contributed by atoms with Crippen LogP contribution in [0.1, 0.15) is 38.3 Å². The molecule has 0 aromatic heterocycles. The summed E-state index contributed by atoms with van der Waals surface area (Å²) in [5, 5.41) is 3.33. The van der Waals surface area contributed by atoms with Crippen molar-refractivity contribution in [2.45, 2.75) is 42.5 Å². The number of carbonyl (C=O) groups excluding carboxylic acids is 1. The second-order valence-corrected chi connectivity index (χ2v) is 10.9. The van der Waals surface area contributed by atoms with Crippen molar-refractivity contribution in [3.63, 3.8) is 0 Å². The molecule has 0 unspecified atom stereocenters. The number of halogens is 1. The van der Waals surface area contributed by atoms with Crippen molar-refractivity contribution in [2.24, 2.45) is 5.92 Å². The Morgan fingerprint density at radius 1 is 1.22 bits per heavy atom. The minimum atomic E-state index is -3.68. The van der Waals surface area contributed by atoms with Crippen molar-refractivity contribution < 1.29 is 17.9 Å². The van der Waals surface area contributed by atoms with Gasteiger partial charge < -0.3 is 10.1 Å². The number of ether oxygens (including phenoxy) is 1. The first-order chi connectivity index (χ1) is 15.3. The SMILES string of the molecule is CCOc1ccc(S(=O)(=O)N2CCC(C(=O)N[C@H](C)c3ccc(SC)cc3)CC2)cc1Cl. The summed E-state index contributed by atoms with van der Waals surface area (Å²) >= 11 is 7.85. The molecule has 9 heteroatoms. The zero-order valence-corrected chi connectivity index (χ0v) is 20.9. The molecule has 1 aliphatic rings. The number of nitrogens with one attached hydrogen (secondary N) is 1. The smallest absolute Gasteiger partial charge is 0.243 e. The number of amides is 1. The van der Waals surface area contributed by atoms with Crippen LogP contribution in [-0.4, -0.2) is 44.6 Å². The first kappa shape index (κ1) is 24.9. The number of nitrogens with zero attached hydrogens (tertiary/aromatic N) is 1. The maximum absolute atomic E-state index is 13.0. The molecule has 1 heterocycles. The van der Waals surface area contributed by atoms with E-state index in [1.165, 1.54) is 21.3 Å². The standard InChI is InChI=1S/C23H29ClN2O4S2/c1-4-30-22-10-9-20(15-21(22)24)32(28,29)26-13-11-18(12-14-26)23(27)25-16(2)17-5-7-19(31-3)8-6-17/h5-10,15-16,18H,4,11-14H2,1-3H3,(H,25,27)/t16-/m1/s1. The molecule has 0 spiro atoms. The van der Waals surface area contributed by atoms with Crippen molar-refractivity contribution >= 4 is 39.3 Å². The fraction of sp³-hybridized carbons (Fsp3) is 0.435. The largest absolute Gasteiger partial charge is 0.492 e. The Morgan fingerprint density at radius 3 is 2.44 bits per heavy atom. The van der Waals surface area contributed by atoms with E-state index in [0.29, 0.717) is 38.3 Å². The highest BCUT2D eigenvalue weighted by Crippen LogP contribution is 2.30. The molecular weight excluding hydrogens is 468 g/mol. The highest BCUT2D eigenvalue weighted by molar-refractivity contribution is 7.98. The molecule has 0 bridgehead atoms. The van der Waals surface area contributed by atoms with Crippen molar-refractivity contribution in [1.82, 2.24) is 9.62 Å². The van der Waals surface area contributed by atoms with Gasteiger partial charge in [0.15, 0.2) is 0 Å². The lowest BCUT2D eigenvalue weighted by atomic mass is 9.96. The maximum Gasteiger partial charge on any atom is 0.243 e. The molecule has 174 valence electrons. The molecule has 0 saturated carbocycles. The van der Waals surface area contributed by atoms with Gasteiger partial charge in [0.25, 0.3) is 0 Å². The Kier molecular flexibility index (Phi) is 8.49. The van der Waals surface area contributed by atoms with Crippen LogP contribution in [-0.2, 0) is 14.8 Å². The molecule has 6 nitrogen and oxygen atoms in total. The third-order valence-corrected chi connectivity index (χ3v) is 8.57. The molecule has 1 saturated heterocycles. The minimum Gasteiger partial charge on any atom is -0.492 e. The second kappa shape index (κ2) is 10.9. The highest BCUT2D eigenvalue weighted by atomic mass is 35.5. The van der Waals surface area contributed by atoms with Crippen LogP contribution in [0.3, 0.4) is 0 Å². The summed E-state index contributed by atoms with van der Waals surface area (Å²) < 4.78 is 32.9. The molecule has 1 aliphatic heterocycles. The van der Waals surface area contributed by atoms with Gasteiger partial charge in [0.1, 0.15) is 5.75 Å². The van der Waals surface area contributed by atoms with E-state index in [-0.39, 0.29) is 27.8 Å². The van der Waals surface area contributed by atoms with Gasteiger partial charge in [-0.1, -0.05) is 23.7 Å². The Hall–Kier alpha value is -1.74. The van der Waals surface area contributed by atoms with Gasteiger partial charge in [0.05, 0.1) is 22.6 Å². The molecule has 2 aromatic carbocycles. The number of sulfonamides is 1. The highest BCUT2D eigenvalue weighted by Gasteiger charge is 2.32. The Balaban J connectivity index is 1.58. The van der Waals surface area contributed by atoms with Gasteiger partial charge in [0.2, 0.25) is 15.9 Å². The number of carbonyl (C=O) groups is 1. The van der Waals surface area contributed by atoms with E-state index < -0.39 is 10.0 Å². The molecule has 32 heavy (non-hydrogen) atoms. The van der Waals surface area contributed by atoms with Crippen LogP contribution in [0.2, 0.25) is 5.02 Å². The summed E-state index contributed by atoms with van der Waals surface area (Å²) in [6, 6.07) is 12.5. The van der Waals surface area contributed by atoms with Gasteiger partial charge in [-0.05, 0) is 68.8 Å². The van der Waals surface area contributed by atoms with Crippen molar-refractivity contribution in [3.8, 4) is 5.75 Å². The topological polar surface area (TPSA) is 75.7 Å². The summed E-state index contributed by atoms with van der Waals surface area (Å²) in [4.78, 5) is 14.1. The summed E-state index contributed by atoms with van der Waals surface area (Å²) in [5.74, 6) is 0.214. The molecule has 0 aliphatic carbocycles. The van der Waals surface area contributed by atoms with Crippen molar-refractivity contribution in [1.29, 1.82) is 0 Å². The third kappa shape index (κ3) is 5.78. The van der Waals surface area contributed by atoms with Crippen LogP contribution in [0.4, 0.5) is 0 Å². The summed E-state index contributed by atoms with van der Waals surface area (Å²) in [6.45, 7) is 4.83. The van der Waals surface area contributed by atoms with Crippen molar-refractivity contribution in [2.75, 3.05) is 26.0 Å². The fourth-order valence-electron chi connectivity index (χ4n) is 3.73. The average molecular weight is 497 g/mol. The Morgan fingerprint density at radius 2 is 1.88 bits per heavy atom. The summed E-state index contributed by atoms with van der Waals surface area (Å²) in [7, 11) is -3.68. The molecule has 1 amide bonds. The molecule has 3 rings (SSSR count). The van der Waals surface area contributed by atoms with E-state index in [4.69, 9.17) is 16.3 Å². The molecule has 1 atom stereocenters. The molecule has 1 N–H and O–H groups in total. The zero-order valence-electron chi connectivity index (χ0n) is 18.5. The number of rotatable bonds is 8. The number of piperidine rings is 1. The Bertz CT molecular complexity index is 1040. The van der Waals surface area contributed by atoms with E-state index >= 15 is 0 Å². The van der Waals surface area contributed by atoms with Gasteiger partial charge in [-0.15, -0.1) is 11.8 Å². The van der Waals surface area contributed by atoms with Gasteiger partial charge in [-0.3, -0.25) is 4.79 Å². The fourth-order valence-corrected chi connectivity index (χ4v) is 5.93. The first-order valence-electron chi connectivity index (χ1n) is 10.6. The minimum absolute atomic E-state index is 0.0346. The van der Waals surface area contributed by atoms with Crippen LogP contribution >= 0.6 is 23.4 Å². The molecule has 1 fully saturated rings. The van der Waals surface area contributed by atoms with E-state index in [0.717, 1.165) is 5.56 Å². The Labute approximate surface area is 199 Å². The van der Waals surface area contributed by atoms with Crippen LogP contribution in [0, 0.1) is 5.92 Å². The van der Waals surface area contributed by atoms with Gasteiger partial charge in [0, 0.05) is 23.9 Å². The maximum atomic E-state index is 13.0. The van der Waals surface area contributed by atoms with Gasteiger partial charge >= 0.3 is 0 Å². The summed E-state index contributed by atoms with van der Waals surface area (Å²) in [6.07, 6.45) is 2.99. The zero-order chi connectivity index (χ0) is 23.3. The number of hydrogen-bond donors (Lipinski definition) is 1. The first-order valence-corrected chi connectivity index (χ1v) is 13.7. The molecular formula is C23H29ClN2O4S2. The monoisotopic (exact) mass is 496 g/mol. The molecule has 2 aromatic rings. The number of hydrogen-bond acceptors (Lipinski definition) is 5. The normalized spacial score (nSPS) is 16.5. The van der Waals surface area contributed by atoms with E-state index in [1.54, 1.807) is 17.8 Å². The van der Waals surface area contributed by atoms with Gasteiger partial charge in [-0.2, -0.15) is 4.31 Å². The second-order valence-electron chi connectivity index (χ2n) is 7.71. The lowest BCUT2D eigenvalue weighted by Crippen LogP contribution is -2.43. The van der Waals surface area contributed by atoms with Crippen LogP contribution in [0.15, 0.2) is 52.3 Å². The lowest BCUT2D eigenvalue weighted by molar-refractivity contribution is -0.126. The van der Waals surface area contributed by atoms with E-state index in [9.17, 15) is 13.2 Å². The third-order valence-electron chi connectivity index (χ3n) is 5.64. The van der Waals surface area contributed by atoms with Crippen LogP contribution in [0.25, 0.3) is 0 Å².